The molecule has 3 N–H and O–H groups in total. The Labute approximate surface area is 98.0 Å². The Morgan fingerprint density at radius 3 is 2.47 bits per heavy atom. The van der Waals surface area contributed by atoms with Crippen LogP contribution in [0.3, 0.4) is 0 Å². The van der Waals surface area contributed by atoms with Crippen molar-refractivity contribution in [3.8, 4) is 0 Å². The largest absolute Gasteiger partial charge is 0.307 e. The van der Waals surface area contributed by atoms with Gasteiger partial charge in [-0.2, -0.15) is 0 Å². The van der Waals surface area contributed by atoms with Crippen LogP contribution in [0, 0.1) is 0 Å². The van der Waals surface area contributed by atoms with Crippen LogP contribution in [0.15, 0.2) is 12.4 Å². The number of hydrogen-bond donors (Lipinski definition) is 2. The number of likely N-dealkylation sites (tertiary alicyclic amines) is 1. The minimum atomic E-state index is -0.149. The monoisotopic (exact) mass is 235 g/mol. The van der Waals surface area contributed by atoms with Crippen LogP contribution in [0.5, 0.6) is 0 Å². The second-order valence-electron chi connectivity index (χ2n) is 3.76. The molecular formula is C10H13N5O2. The molecule has 1 aliphatic rings. The summed E-state index contributed by atoms with van der Waals surface area (Å²) in [6, 6.07) is 0. The van der Waals surface area contributed by atoms with E-state index in [0.717, 1.165) is 0 Å². The number of nitrogens with one attached hydrogen (secondary N) is 1. The fraction of sp³-hybridized carbons (Fsp3) is 0.400. The third kappa shape index (κ3) is 2.56. The molecule has 1 aromatic heterocycles. The zero-order valence-electron chi connectivity index (χ0n) is 9.22. The molecule has 0 aliphatic carbocycles. The highest BCUT2D eigenvalue weighted by Gasteiger charge is 2.26. The first-order valence-corrected chi connectivity index (χ1v) is 5.31. The summed E-state index contributed by atoms with van der Waals surface area (Å²) in [5.41, 5.74) is 2.92. The third-order valence-corrected chi connectivity index (χ3v) is 2.56. The van der Waals surface area contributed by atoms with Crippen LogP contribution in [-0.4, -0.2) is 26.7 Å². The smallest absolute Gasteiger partial charge is 0.229 e. The van der Waals surface area contributed by atoms with E-state index in [0.29, 0.717) is 30.8 Å². The summed E-state index contributed by atoms with van der Waals surface area (Å²) in [5.74, 6) is 5.29. The number of nitrogens with two attached hydrogens (primary N) is 1. The zero-order valence-corrected chi connectivity index (χ0v) is 9.22. The van der Waals surface area contributed by atoms with E-state index in [4.69, 9.17) is 5.84 Å². The number of aromatic nitrogens is 2. The van der Waals surface area contributed by atoms with E-state index in [9.17, 15) is 9.59 Å². The lowest BCUT2D eigenvalue weighted by Crippen LogP contribution is -2.39. The van der Waals surface area contributed by atoms with Gasteiger partial charge in [0, 0.05) is 12.8 Å². The maximum Gasteiger partial charge on any atom is 0.229 e. The van der Waals surface area contributed by atoms with Gasteiger partial charge in [-0.05, 0) is 6.42 Å². The maximum atomic E-state index is 11.6. The van der Waals surface area contributed by atoms with E-state index in [1.807, 2.05) is 0 Å². The maximum absolute atomic E-state index is 11.6. The van der Waals surface area contributed by atoms with Crippen LogP contribution in [0.25, 0.3) is 0 Å². The van der Waals surface area contributed by atoms with E-state index < -0.39 is 0 Å². The molecule has 17 heavy (non-hydrogen) atoms. The summed E-state index contributed by atoms with van der Waals surface area (Å²) in [6.07, 6.45) is 4.41. The van der Waals surface area contributed by atoms with Crippen molar-refractivity contribution in [3.05, 3.63) is 18.1 Å². The van der Waals surface area contributed by atoms with Gasteiger partial charge < -0.3 is 5.43 Å². The molecule has 1 aliphatic heterocycles. The van der Waals surface area contributed by atoms with Crippen molar-refractivity contribution in [2.75, 3.05) is 5.43 Å². The number of carbonyl (C=O) groups excluding carboxylic acids is 2. The molecule has 2 heterocycles. The van der Waals surface area contributed by atoms with Gasteiger partial charge in [0.05, 0.1) is 24.6 Å². The van der Waals surface area contributed by atoms with Crippen LogP contribution >= 0.6 is 0 Å². The fourth-order valence-electron chi connectivity index (χ4n) is 1.65. The summed E-state index contributed by atoms with van der Waals surface area (Å²) in [6.45, 7) is 0.176. The second kappa shape index (κ2) is 4.88. The molecular weight excluding hydrogens is 222 g/mol. The van der Waals surface area contributed by atoms with Crippen LogP contribution in [-0.2, 0) is 16.1 Å². The predicted molar refractivity (Wildman–Crippen MR) is 59.3 cm³/mol. The number of amides is 2. The second-order valence-corrected chi connectivity index (χ2v) is 3.76. The summed E-state index contributed by atoms with van der Waals surface area (Å²) in [5, 5.41) is 0. The van der Waals surface area contributed by atoms with Gasteiger partial charge in [0.25, 0.3) is 0 Å². The van der Waals surface area contributed by atoms with E-state index in [-0.39, 0.29) is 18.4 Å². The molecule has 0 radical (unpaired) electrons. The summed E-state index contributed by atoms with van der Waals surface area (Å²) in [7, 11) is 0. The first kappa shape index (κ1) is 11.5. The topological polar surface area (TPSA) is 101 Å². The van der Waals surface area contributed by atoms with E-state index in [2.05, 4.69) is 15.4 Å². The highest BCUT2D eigenvalue weighted by atomic mass is 16.2. The SMILES string of the molecule is NNc1cnc(CN2C(=O)CCCC2=O)cn1. The van der Waals surface area contributed by atoms with Gasteiger partial charge in [-0.15, -0.1) is 0 Å². The molecule has 1 fully saturated rings. The first-order chi connectivity index (χ1) is 8.20. The molecule has 0 bridgehead atoms. The lowest BCUT2D eigenvalue weighted by Gasteiger charge is -2.24. The predicted octanol–water partition coefficient (Wildman–Crippen LogP) is -0.199. The van der Waals surface area contributed by atoms with Crippen molar-refractivity contribution in [2.24, 2.45) is 5.84 Å². The number of hydrogen-bond acceptors (Lipinski definition) is 6. The number of hydrazine groups is 1. The lowest BCUT2D eigenvalue weighted by atomic mass is 10.1. The molecule has 0 atom stereocenters. The number of anilines is 1. The van der Waals surface area contributed by atoms with Crippen molar-refractivity contribution in [2.45, 2.75) is 25.8 Å². The van der Waals surface area contributed by atoms with Gasteiger partial charge in [0.2, 0.25) is 11.8 Å². The number of rotatable bonds is 3. The van der Waals surface area contributed by atoms with Crippen molar-refractivity contribution in [3.63, 3.8) is 0 Å². The molecule has 0 unspecified atom stereocenters. The minimum absolute atomic E-state index is 0.149. The van der Waals surface area contributed by atoms with Crippen molar-refractivity contribution < 1.29 is 9.59 Å². The van der Waals surface area contributed by atoms with Crippen LogP contribution < -0.4 is 11.3 Å². The number of carbonyl (C=O) groups is 2. The lowest BCUT2D eigenvalue weighted by molar-refractivity contribution is -0.148. The molecule has 2 rings (SSSR count). The van der Waals surface area contributed by atoms with E-state index in [1.54, 1.807) is 0 Å². The Bertz CT molecular complexity index is 415. The van der Waals surface area contributed by atoms with Crippen molar-refractivity contribution in [1.82, 2.24) is 14.9 Å². The van der Waals surface area contributed by atoms with Crippen molar-refractivity contribution >= 4 is 17.6 Å². The Balaban J connectivity index is 2.08. The van der Waals surface area contributed by atoms with E-state index in [1.165, 1.54) is 17.3 Å². The van der Waals surface area contributed by atoms with Gasteiger partial charge in [0.1, 0.15) is 0 Å². The summed E-state index contributed by atoms with van der Waals surface area (Å²) >= 11 is 0. The minimum Gasteiger partial charge on any atom is -0.307 e. The molecule has 0 saturated carbocycles. The zero-order chi connectivity index (χ0) is 12.3. The number of nitrogen functional groups attached to an aromatic ring is 1. The third-order valence-electron chi connectivity index (χ3n) is 2.56. The molecule has 0 aromatic carbocycles. The Morgan fingerprint density at radius 2 is 1.94 bits per heavy atom. The normalized spacial score (nSPS) is 16.2. The average Bonchev–Trinajstić information content (AvgIpc) is 2.35. The van der Waals surface area contributed by atoms with Crippen LogP contribution in [0.1, 0.15) is 25.0 Å². The quantitative estimate of drug-likeness (QED) is 0.427. The van der Waals surface area contributed by atoms with Gasteiger partial charge in [0.15, 0.2) is 5.82 Å². The number of piperidine rings is 1. The summed E-state index contributed by atoms with van der Waals surface area (Å²) in [4.78, 5) is 32.4. The molecule has 1 aromatic rings. The fourth-order valence-corrected chi connectivity index (χ4v) is 1.65. The van der Waals surface area contributed by atoms with Gasteiger partial charge in [-0.25, -0.2) is 10.8 Å². The van der Waals surface area contributed by atoms with Crippen LogP contribution in [0.4, 0.5) is 5.82 Å². The Hall–Kier alpha value is -2.02. The molecule has 2 amide bonds. The molecule has 90 valence electrons. The van der Waals surface area contributed by atoms with Crippen molar-refractivity contribution in [1.29, 1.82) is 0 Å². The highest BCUT2D eigenvalue weighted by Crippen LogP contribution is 2.14. The first-order valence-electron chi connectivity index (χ1n) is 5.31. The van der Waals surface area contributed by atoms with E-state index >= 15 is 0 Å². The van der Waals surface area contributed by atoms with Gasteiger partial charge in [-0.3, -0.25) is 19.5 Å². The Morgan fingerprint density at radius 1 is 1.24 bits per heavy atom. The average molecular weight is 235 g/mol. The van der Waals surface area contributed by atoms with Crippen LogP contribution in [0.2, 0.25) is 0 Å². The Kier molecular flexibility index (Phi) is 3.29. The van der Waals surface area contributed by atoms with Gasteiger partial charge >= 0.3 is 0 Å². The molecule has 0 spiro atoms. The molecule has 1 saturated heterocycles. The highest BCUT2D eigenvalue weighted by molar-refractivity contribution is 5.97. The number of imide groups is 1. The molecule has 7 nitrogen and oxygen atoms in total. The summed E-state index contributed by atoms with van der Waals surface area (Å²) < 4.78 is 0. The number of nitrogens with zero attached hydrogens (tertiary/aromatic N) is 3. The van der Waals surface area contributed by atoms with Gasteiger partial charge in [-0.1, -0.05) is 0 Å². The molecule has 7 heteroatoms. The standard InChI is InChI=1S/C10H13N5O2/c11-14-8-5-12-7(4-13-8)6-15-9(16)2-1-3-10(15)17/h4-5H,1-3,6,11H2,(H,13,14).